The highest BCUT2D eigenvalue weighted by Gasteiger charge is 2.33. The molecule has 0 unspecified atom stereocenters. The first-order chi connectivity index (χ1) is 13.2. The lowest BCUT2D eigenvalue weighted by Gasteiger charge is -2.36. The fourth-order valence-corrected chi connectivity index (χ4v) is 4.07. The summed E-state index contributed by atoms with van der Waals surface area (Å²) in [5.74, 6) is 1.64. The fourth-order valence-electron chi connectivity index (χ4n) is 3.04. The van der Waals surface area contributed by atoms with E-state index in [-0.39, 0.29) is 18.7 Å². The number of alkyl halides is 1. The summed E-state index contributed by atoms with van der Waals surface area (Å²) < 4.78 is 18.6. The average Bonchev–Trinajstić information content (AvgIpc) is 2.63. The average molecular weight is 381 g/mol. The van der Waals surface area contributed by atoms with Gasteiger partial charge in [-0.3, -0.25) is 4.98 Å². The molecule has 2 saturated heterocycles. The van der Waals surface area contributed by atoms with Gasteiger partial charge in [0, 0.05) is 23.4 Å². The van der Waals surface area contributed by atoms with Crippen LogP contribution in [0.15, 0.2) is 29.4 Å². The van der Waals surface area contributed by atoms with Gasteiger partial charge in [0.15, 0.2) is 0 Å². The Kier molecular flexibility index (Phi) is 4.93. The Morgan fingerprint density at radius 2 is 2.00 bits per heavy atom. The third kappa shape index (κ3) is 3.34. The summed E-state index contributed by atoms with van der Waals surface area (Å²) in [5.41, 5.74) is 1.63. The summed E-state index contributed by atoms with van der Waals surface area (Å²) in [4.78, 5) is 10.7. The zero-order chi connectivity index (χ0) is 18.8. The second-order valence-corrected chi connectivity index (χ2v) is 7.53. The normalized spacial score (nSPS) is 16.9. The quantitative estimate of drug-likeness (QED) is 0.736. The lowest BCUT2D eigenvalue weighted by Crippen LogP contribution is -2.49. The number of thioether (sulfide) groups is 1. The molecule has 2 aliphatic heterocycles. The molecule has 0 bridgehead atoms. The van der Waals surface area contributed by atoms with Crippen molar-refractivity contribution in [2.75, 3.05) is 37.0 Å². The summed E-state index contributed by atoms with van der Waals surface area (Å²) in [6.45, 7) is 1.83. The molecule has 0 aromatic carbocycles. The molecule has 27 heavy (non-hydrogen) atoms. The molecule has 0 radical (unpaired) electrons. The zero-order valence-electron chi connectivity index (χ0n) is 14.4. The topological polar surface area (TPSA) is 85.8 Å². The second kappa shape index (κ2) is 7.51. The molecule has 4 rings (SSSR count). The highest BCUT2D eigenvalue weighted by Crippen LogP contribution is 2.39. The maximum Gasteiger partial charge on any atom is 0.148 e. The van der Waals surface area contributed by atoms with E-state index in [1.54, 1.807) is 23.2 Å². The van der Waals surface area contributed by atoms with E-state index >= 15 is 0 Å². The number of ether oxygens (including phenoxy) is 1. The molecule has 0 aliphatic carbocycles. The maximum atomic E-state index is 13.4. The van der Waals surface area contributed by atoms with E-state index in [0.29, 0.717) is 46.8 Å². The minimum Gasteiger partial charge on any atom is -0.381 e. The highest BCUT2D eigenvalue weighted by molar-refractivity contribution is 7.99. The molecule has 0 atom stereocenters. The van der Waals surface area contributed by atoms with Gasteiger partial charge < -0.3 is 9.64 Å². The summed E-state index contributed by atoms with van der Waals surface area (Å²) in [6.07, 6.45) is 0.702. The molecule has 0 saturated carbocycles. The third-order valence-corrected chi connectivity index (χ3v) is 5.80. The molecule has 2 fully saturated rings. The predicted molar refractivity (Wildman–Crippen MR) is 99.0 cm³/mol. The van der Waals surface area contributed by atoms with Gasteiger partial charge in [-0.25, -0.2) is 9.37 Å². The van der Waals surface area contributed by atoms with E-state index in [1.165, 1.54) is 11.8 Å². The van der Waals surface area contributed by atoms with Crippen LogP contribution < -0.4 is 4.90 Å². The lowest BCUT2D eigenvalue weighted by molar-refractivity contribution is -0.0196. The van der Waals surface area contributed by atoms with Gasteiger partial charge in [0.1, 0.15) is 34.7 Å². The van der Waals surface area contributed by atoms with Crippen molar-refractivity contribution in [2.45, 2.75) is 11.2 Å². The van der Waals surface area contributed by atoms with Crippen LogP contribution >= 0.6 is 11.8 Å². The van der Waals surface area contributed by atoms with Crippen molar-refractivity contribution in [1.29, 1.82) is 10.5 Å². The minimum absolute atomic E-state index is 0.204. The Morgan fingerprint density at radius 3 is 2.56 bits per heavy atom. The van der Waals surface area contributed by atoms with Crippen molar-refractivity contribution in [2.24, 2.45) is 5.92 Å². The summed E-state index contributed by atoms with van der Waals surface area (Å²) >= 11 is 1.48. The minimum atomic E-state index is -0.921. The van der Waals surface area contributed by atoms with Crippen LogP contribution in [-0.4, -0.2) is 48.2 Å². The number of nitriles is 2. The fraction of sp³-hybridized carbons (Fsp3) is 0.368. The van der Waals surface area contributed by atoms with Gasteiger partial charge in [0.25, 0.3) is 0 Å². The molecule has 0 spiro atoms. The van der Waals surface area contributed by atoms with E-state index < -0.39 is 6.17 Å². The van der Waals surface area contributed by atoms with Gasteiger partial charge >= 0.3 is 0 Å². The Hall–Kier alpha value is -2.68. The van der Waals surface area contributed by atoms with Crippen LogP contribution in [0.5, 0.6) is 0 Å². The first-order valence-corrected chi connectivity index (χ1v) is 9.59. The summed E-state index contributed by atoms with van der Waals surface area (Å²) in [5, 5.41) is 20.2. The van der Waals surface area contributed by atoms with E-state index in [4.69, 9.17) is 4.74 Å². The Bertz CT molecular complexity index is 930. The number of anilines is 1. The molecule has 2 aromatic heterocycles. The van der Waals surface area contributed by atoms with Crippen molar-refractivity contribution < 1.29 is 9.13 Å². The van der Waals surface area contributed by atoms with E-state index in [1.807, 2.05) is 6.07 Å². The standard InChI is InChI=1S/C19H16FN5OS/c20-13-7-25(8-13)18-14(5-21)17(16-3-1-2-4-23-16)15(6-22)19(24-18)27-11-12-9-26-10-12/h1-4,12-13H,7-11H2. The van der Waals surface area contributed by atoms with Crippen molar-refractivity contribution in [3.05, 3.63) is 35.5 Å². The number of aromatic nitrogens is 2. The van der Waals surface area contributed by atoms with Crippen molar-refractivity contribution >= 4 is 17.6 Å². The van der Waals surface area contributed by atoms with E-state index in [9.17, 15) is 14.9 Å². The molecule has 8 heteroatoms. The van der Waals surface area contributed by atoms with Gasteiger partial charge in [0.2, 0.25) is 0 Å². The van der Waals surface area contributed by atoms with Crippen molar-refractivity contribution in [3.8, 4) is 23.4 Å². The molecular formula is C19H16FN5OS. The Labute approximate surface area is 160 Å². The molecule has 4 heterocycles. The first-order valence-electron chi connectivity index (χ1n) is 8.60. The molecule has 6 nitrogen and oxygen atoms in total. The van der Waals surface area contributed by atoms with Crippen LogP contribution in [0.4, 0.5) is 10.2 Å². The molecule has 0 N–H and O–H groups in total. The van der Waals surface area contributed by atoms with Crippen LogP contribution in [0, 0.1) is 28.6 Å². The number of nitrogens with zero attached hydrogens (tertiary/aromatic N) is 5. The second-order valence-electron chi connectivity index (χ2n) is 6.52. The number of halogens is 1. The van der Waals surface area contributed by atoms with Gasteiger partial charge in [-0.1, -0.05) is 6.07 Å². The van der Waals surface area contributed by atoms with Gasteiger partial charge in [-0.05, 0) is 12.1 Å². The number of pyridine rings is 2. The van der Waals surface area contributed by atoms with Crippen LogP contribution in [0.1, 0.15) is 11.1 Å². The number of hydrogen-bond donors (Lipinski definition) is 0. The number of rotatable bonds is 5. The maximum absolute atomic E-state index is 13.4. The van der Waals surface area contributed by atoms with Crippen molar-refractivity contribution in [3.63, 3.8) is 0 Å². The Balaban J connectivity index is 1.84. The van der Waals surface area contributed by atoms with Crippen LogP contribution in [0.2, 0.25) is 0 Å². The van der Waals surface area contributed by atoms with Gasteiger partial charge in [-0.2, -0.15) is 10.5 Å². The zero-order valence-corrected chi connectivity index (χ0v) is 15.2. The summed E-state index contributed by atoms with van der Waals surface area (Å²) in [7, 11) is 0. The van der Waals surface area contributed by atoms with E-state index in [0.717, 1.165) is 5.75 Å². The third-order valence-electron chi connectivity index (χ3n) is 4.59. The van der Waals surface area contributed by atoms with E-state index in [2.05, 4.69) is 22.1 Å². The van der Waals surface area contributed by atoms with Gasteiger partial charge in [-0.15, -0.1) is 11.8 Å². The van der Waals surface area contributed by atoms with Crippen LogP contribution in [0.25, 0.3) is 11.3 Å². The largest absolute Gasteiger partial charge is 0.381 e. The van der Waals surface area contributed by atoms with Gasteiger partial charge in [0.05, 0.1) is 37.6 Å². The SMILES string of the molecule is N#Cc1c(SCC2COC2)nc(N2CC(F)C2)c(C#N)c1-c1ccccn1. The predicted octanol–water partition coefficient (Wildman–Crippen LogP) is 2.78. The Morgan fingerprint density at radius 1 is 1.22 bits per heavy atom. The highest BCUT2D eigenvalue weighted by atomic mass is 32.2. The summed E-state index contributed by atoms with van der Waals surface area (Å²) in [6, 6.07) is 9.73. The monoisotopic (exact) mass is 381 g/mol. The molecular weight excluding hydrogens is 365 g/mol. The number of hydrogen-bond acceptors (Lipinski definition) is 7. The van der Waals surface area contributed by atoms with Crippen molar-refractivity contribution in [1.82, 2.24) is 9.97 Å². The molecule has 136 valence electrons. The van der Waals surface area contributed by atoms with Crippen LogP contribution in [-0.2, 0) is 4.74 Å². The first kappa shape index (κ1) is 17.7. The lowest BCUT2D eigenvalue weighted by atomic mass is 9.99. The molecule has 2 aliphatic rings. The van der Waals surface area contributed by atoms with Crippen LogP contribution in [0.3, 0.4) is 0 Å². The smallest absolute Gasteiger partial charge is 0.148 e. The molecule has 2 aromatic rings. The molecule has 0 amide bonds.